The van der Waals surface area contributed by atoms with E-state index in [9.17, 15) is 40.5 Å². The average molecular weight is 428 g/mol. The van der Waals surface area contributed by atoms with Crippen molar-refractivity contribution in [2.45, 2.75) is 73.3 Å². The van der Waals surface area contributed by atoms with Crippen LogP contribution in [0.25, 0.3) is 0 Å². The first kappa shape index (κ1) is 24.3. The predicted molar refractivity (Wildman–Crippen MR) is 89.8 cm³/mol. The Morgan fingerprint density at radius 1 is 1.14 bits per heavy atom. The molecule has 0 spiro atoms. The lowest BCUT2D eigenvalue weighted by Gasteiger charge is -2.46. The van der Waals surface area contributed by atoms with Crippen molar-refractivity contribution in [3.05, 3.63) is 0 Å². The van der Waals surface area contributed by atoms with Gasteiger partial charge in [-0.3, -0.25) is 0 Å². The van der Waals surface area contributed by atoms with Gasteiger partial charge in [-0.2, -0.15) is 0 Å². The molecule has 0 aromatic rings. The van der Waals surface area contributed by atoms with Crippen LogP contribution in [-0.2, 0) is 19.0 Å². The van der Waals surface area contributed by atoms with Gasteiger partial charge in [-0.05, 0) is 0 Å². The molecule has 0 aromatic carbocycles. The highest BCUT2D eigenvalue weighted by Gasteiger charge is 2.55. The molecule has 2 saturated heterocycles. The van der Waals surface area contributed by atoms with E-state index in [0.29, 0.717) is 0 Å². The standard InChI is InChI=1S/C15H28N2O12/c16-7-4(19)1-15(14(25)26,29-12(7)9(21)5(20)2-18)27-3-6-10(22)11(23)8(17)13(24)28-6/h4-13,18-24H,1-3,16-17H2,(H,25,26)/t4-,5-,6?,7-,8?,9-,10+,11-,12+,13+,15-/m1/s1. The molecule has 2 heterocycles. The van der Waals surface area contributed by atoms with Crippen LogP contribution in [0.5, 0.6) is 0 Å². The number of aliphatic carboxylic acids is 1. The normalized spacial score (nSPS) is 45.6. The number of rotatable bonds is 7. The maximum Gasteiger partial charge on any atom is 0.364 e. The Bertz CT molecular complexity index is 569. The highest BCUT2D eigenvalue weighted by Crippen LogP contribution is 2.33. The Kier molecular flexibility index (Phi) is 7.88. The molecular formula is C15H28N2O12. The van der Waals surface area contributed by atoms with Crippen molar-refractivity contribution in [1.29, 1.82) is 0 Å². The molecule has 2 aliphatic rings. The third-order valence-electron chi connectivity index (χ3n) is 5.12. The van der Waals surface area contributed by atoms with Crippen LogP contribution in [-0.4, -0.2) is 127 Å². The smallest absolute Gasteiger partial charge is 0.364 e. The van der Waals surface area contributed by atoms with Gasteiger partial charge < -0.3 is 66.5 Å². The second kappa shape index (κ2) is 9.42. The molecule has 2 fully saturated rings. The lowest BCUT2D eigenvalue weighted by molar-refractivity contribution is -0.326. The average Bonchev–Trinajstić information content (AvgIpc) is 2.69. The molecular weight excluding hydrogens is 400 g/mol. The summed E-state index contributed by atoms with van der Waals surface area (Å²) in [5.74, 6) is -4.29. The molecule has 0 aromatic heterocycles. The van der Waals surface area contributed by atoms with E-state index in [1.807, 2.05) is 0 Å². The summed E-state index contributed by atoms with van der Waals surface area (Å²) in [6, 6.07) is -2.62. The lowest BCUT2D eigenvalue weighted by atomic mass is 9.89. The van der Waals surface area contributed by atoms with Crippen LogP contribution in [0.4, 0.5) is 0 Å². The Morgan fingerprint density at radius 3 is 2.31 bits per heavy atom. The first-order valence-corrected chi connectivity index (χ1v) is 8.86. The van der Waals surface area contributed by atoms with Gasteiger partial charge in [-0.1, -0.05) is 0 Å². The fraction of sp³-hybridized carbons (Fsp3) is 0.933. The first-order valence-electron chi connectivity index (χ1n) is 8.86. The number of hydrogen-bond acceptors (Lipinski definition) is 13. The Morgan fingerprint density at radius 2 is 1.76 bits per heavy atom. The number of carbonyl (C=O) groups is 1. The van der Waals surface area contributed by atoms with E-state index in [-0.39, 0.29) is 0 Å². The van der Waals surface area contributed by atoms with E-state index in [0.717, 1.165) is 0 Å². The van der Waals surface area contributed by atoms with Crippen LogP contribution < -0.4 is 11.5 Å². The Labute approximate surface area is 164 Å². The van der Waals surface area contributed by atoms with Gasteiger partial charge >= 0.3 is 5.97 Å². The highest BCUT2D eigenvalue weighted by molar-refractivity contribution is 5.76. The second-order valence-electron chi connectivity index (χ2n) is 7.16. The van der Waals surface area contributed by atoms with E-state index in [1.54, 1.807) is 0 Å². The molecule has 2 aliphatic heterocycles. The van der Waals surface area contributed by atoms with E-state index >= 15 is 0 Å². The number of aliphatic hydroxyl groups is 7. The van der Waals surface area contributed by atoms with Gasteiger partial charge in [0.1, 0.15) is 36.6 Å². The molecule has 2 rings (SSSR count). The molecule has 0 radical (unpaired) electrons. The lowest BCUT2D eigenvalue weighted by Crippen LogP contribution is -2.67. The molecule has 14 nitrogen and oxygen atoms in total. The van der Waals surface area contributed by atoms with Crippen LogP contribution in [0.3, 0.4) is 0 Å². The second-order valence-corrected chi connectivity index (χ2v) is 7.16. The molecule has 0 amide bonds. The maximum atomic E-state index is 11.9. The van der Waals surface area contributed by atoms with Crippen LogP contribution in [0.2, 0.25) is 0 Å². The fourth-order valence-electron chi connectivity index (χ4n) is 3.21. The number of carboxylic acid groups (broad SMARTS) is 1. The van der Waals surface area contributed by atoms with Crippen LogP contribution in [0, 0.1) is 0 Å². The zero-order valence-corrected chi connectivity index (χ0v) is 15.3. The Hall–Kier alpha value is -1.01. The zero-order valence-electron chi connectivity index (χ0n) is 15.3. The van der Waals surface area contributed by atoms with E-state index in [1.165, 1.54) is 0 Å². The van der Waals surface area contributed by atoms with Crippen LogP contribution >= 0.6 is 0 Å². The first-order chi connectivity index (χ1) is 13.4. The van der Waals surface area contributed by atoms with Crippen molar-refractivity contribution >= 4 is 5.97 Å². The molecule has 12 N–H and O–H groups in total. The minimum Gasteiger partial charge on any atom is -0.477 e. The summed E-state index contributed by atoms with van der Waals surface area (Å²) in [5.41, 5.74) is 11.2. The molecule has 0 aliphatic carbocycles. The highest BCUT2D eigenvalue weighted by atomic mass is 16.7. The van der Waals surface area contributed by atoms with Crippen molar-refractivity contribution in [1.82, 2.24) is 0 Å². The quantitative estimate of drug-likeness (QED) is 0.181. The fourth-order valence-corrected chi connectivity index (χ4v) is 3.21. The van der Waals surface area contributed by atoms with Crippen LogP contribution in [0.15, 0.2) is 0 Å². The Balaban J connectivity index is 2.19. The van der Waals surface area contributed by atoms with E-state index < -0.39 is 92.5 Å². The topological polar surface area (TPSA) is 259 Å². The summed E-state index contributed by atoms with van der Waals surface area (Å²) in [4.78, 5) is 11.9. The molecule has 0 saturated carbocycles. The minimum atomic E-state index is -2.57. The van der Waals surface area contributed by atoms with Crippen LogP contribution in [0.1, 0.15) is 6.42 Å². The monoisotopic (exact) mass is 428 g/mol. The molecule has 170 valence electrons. The summed E-state index contributed by atoms with van der Waals surface area (Å²) in [6.45, 7) is -1.61. The van der Waals surface area contributed by atoms with E-state index in [4.69, 9.17) is 30.8 Å². The number of nitrogens with two attached hydrogens (primary N) is 2. The molecule has 0 bridgehead atoms. The number of carboxylic acids is 1. The summed E-state index contributed by atoms with van der Waals surface area (Å²) < 4.78 is 15.5. The van der Waals surface area contributed by atoms with Gasteiger partial charge in [0.25, 0.3) is 5.79 Å². The van der Waals surface area contributed by atoms with Gasteiger partial charge in [0, 0.05) is 6.42 Å². The van der Waals surface area contributed by atoms with Gasteiger partial charge in [-0.15, -0.1) is 0 Å². The van der Waals surface area contributed by atoms with Crippen molar-refractivity contribution in [2.24, 2.45) is 11.5 Å². The third-order valence-corrected chi connectivity index (χ3v) is 5.12. The summed E-state index contributed by atoms with van der Waals surface area (Å²) in [7, 11) is 0. The molecule has 29 heavy (non-hydrogen) atoms. The van der Waals surface area contributed by atoms with Crippen molar-refractivity contribution in [3.63, 3.8) is 0 Å². The maximum absolute atomic E-state index is 11.9. The van der Waals surface area contributed by atoms with Gasteiger partial charge in [0.05, 0.1) is 31.4 Å². The number of aliphatic hydroxyl groups excluding tert-OH is 7. The van der Waals surface area contributed by atoms with E-state index in [2.05, 4.69) is 0 Å². The number of hydrogen-bond donors (Lipinski definition) is 10. The molecule has 11 atom stereocenters. The van der Waals surface area contributed by atoms with Crippen molar-refractivity contribution < 1.29 is 59.9 Å². The van der Waals surface area contributed by atoms with Gasteiger partial charge in [0.15, 0.2) is 6.29 Å². The largest absolute Gasteiger partial charge is 0.477 e. The SMILES string of the molecule is NC1[C@@H](O)[C@@H](O)C(CO[C@]2(C(=O)O)C[C@@H](O)[C@@H](N)[C@@H]([C@H](O)[C@H](O)CO)O2)O[C@@H]1O. The van der Waals surface area contributed by atoms with Gasteiger partial charge in [0.2, 0.25) is 0 Å². The third kappa shape index (κ3) is 4.84. The predicted octanol–water partition coefficient (Wildman–Crippen LogP) is -6.26. The number of ether oxygens (including phenoxy) is 3. The van der Waals surface area contributed by atoms with Crippen molar-refractivity contribution in [2.75, 3.05) is 13.2 Å². The zero-order chi connectivity index (χ0) is 22.1. The van der Waals surface area contributed by atoms with Gasteiger partial charge in [-0.25, -0.2) is 4.79 Å². The summed E-state index contributed by atoms with van der Waals surface area (Å²) in [6.07, 6.45) is -13.8. The van der Waals surface area contributed by atoms with Crippen molar-refractivity contribution in [3.8, 4) is 0 Å². The summed E-state index contributed by atoms with van der Waals surface area (Å²) >= 11 is 0. The molecule has 2 unspecified atom stereocenters. The molecule has 14 heteroatoms. The minimum absolute atomic E-state index is 0.685. The summed E-state index contributed by atoms with van der Waals surface area (Å²) in [5, 5.41) is 78.0.